The molecule has 3 rings (SSSR count). The molecule has 0 aliphatic carbocycles. The average molecular weight is 573 g/mol. The molecule has 0 aromatic heterocycles. The van der Waals surface area contributed by atoms with E-state index in [1.54, 1.807) is 11.8 Å². The lowest BCUT2D eigenvalue weighted by Crippen LogP contribution is -2.45. The van der Waals surface area contributed by atoms with Gasteiger partial charge in [-0.05, 0) is 24.0 Å². The van der Waals surface area contributed by atoms with E-state index in [1.807, 2.05) is 74.5 Å². The van der Waals surface area contributed by atoms with Crippen molar-refractivity contribution in [2.75, 3.05) is 11.5 Å². The van der Waals surface area contributed by atoms with Gasteiger partial charge in [0.25, 0.3) is 0 Å². The smallest absolute Gasteiger partial charge is 0.332 e. The van der Waals surface area contributed by atoms with Gasteiger partial charge >= 0.3 is 11.9 Å². The molecule has 9 heteroatoms. The molecule has 1 amide bonds. The van der Waals surface area contributed by atoms with Crippen LogP contribution in [0.2, 0.25) is 0 Å². The van der Waals surface area contributed by atoms with Crippen LogP contribution in [-0.2, 0) is 37.1 Å². The molecular weight excluding hydrogens is 532 g/mol. The molecule has 1 heterocycles. The van der Waals surface area contributed by atoms with Gasteiger partial charge in [-0.2, -0.15) is 12.6 Å². The van der Waals surface area contributed by atoms with Crippen LogP contribution in [0, 0.1) is 11.8 Å². The molecule has 1 N–H and O–H groups in total. The number of hydrogen-bond acceptors (Lipinski definition) is 8. The minimum atomic E-state index is -0.705. The summed E-state index contributed by atoms with van der Waals surface area (Å²) in [5.74, 6) is 0.429. The van der Waals surface area contributed by atoms with E-state index in [2.05, 4.69) is 36.8 Å². The Labute approximate surface area is 241 Å². The number of thiol groups is 1. The summed E-state index contributed by atoms with van der Waals surface area (Å²) in [7, 11) is 0. The number of esters is 2. The number of carbonyl (C=O) groups excluding carboxylic acids is 3. The predicted molar refractivity (Wildman–Crippen MR) is 161 cm³/mol. The molecule has 7 nitrogen and oxygen atoms in total. The number of rotatable bonds is 12. The fourth-order valence-corrected chi connectivity index (χ4v) is 4.72. The summed E-state index contributed by atoms with van der Waals surface area (Å²) < 4.78 is 10.5. The summed E-state index contributed by atoms with van der Waals surface area (Å²) in [6, 6.07) is 18.1. The van der Waals surface area contributed by atoms with Crippen molar-refractivity contribution in [3.63, 3.8) is 0 Å². The molecule has 0 spiro atoms. The Morgan fingerprint density at radius 1 is 0.949 bits per heavy atom. The second kappa shape index (κ2) is 17.7. The van der Waals surface area contributed by atoms with E-state index in [-0.39, 0.29) is 36.2 Å². The van der Waals surface area contributed by atoms with E-state index in [4.69, 9.17) is 9.47 Å². The molecule has 212 valence electrons. The third kappa shape index (κ3) is 11.5. The van der Waals surface area contributed by atoms with Crippen molar-refractivity contribution in [2.24, 2.45) is 16.8 Å². The molecule has 39 heavy (non-hydrogen) atoms. The molecule has 2 aromatic carbocycles. The van der Waals surface area contributed by atoms with Crippen molar-refractivity contribution in [2.45, 2.75) is 65.8 Å². The van der Waals surface area contributed by atoms with Gasteiger partial charge in [-0.3, -0.25) is 9.79 Å². The maximum Gasteiger partial charge on any atom is 0.332 e. The molecule has 0 saturated carbocycles. The highest BCUT2D eigenvalue weighted by Gasteiger charge is 2.28. The Kier molecular flexibility index (Phi) is 14.8. The van der Waals surface area contributed by atoms with Crippen LogP contribution in [0.4, 0.5) is 0 Å². The SMILES string of the molecule is CC[C@@H](C)C(=O)NC(CS)C(=O)OCc1ccccc1.CC[C@@H](C)C1=NC(C(=O)OCc2ccccc2)CS1. The average Bonchev–Trinajstić information content (AvgIpc) is 3.48. The Morgan fingerprint density at radius 2 is 1.51 bits per heavy atom. The Hall–Kier alpha value is -2.78. The number of thioether (sulfide) groups is 1. The van der Waals surface area contributed by atoms with Crippen LogP contribution < -0.4 is 5.32 Å². The maximum atomic E-state index is 11.9. The molecule has 1 aliphatic rings. The van der Waals surface area contributed by atoms with E-state index in [0.717, 1.165) is 29.0 Å². The first kappa shape index (κ1) is 32.4. The zero-order valence-electron chi connectivity index (χ0n) is 23.2. The first-order chi connectivity index (χ1) is 18.8. The molecule has 0 fully saturated rings. The van der Waals surface area contributed by atoms with Crippen LogP contribution >= 0.6 is 24.4 Å². The van der Waals surface area contributed by atoms with Gasteiger partial charge in [0, 0.05) is 23.3 Å². The van der Waals surface area contributed by atoms with Gasteiger partial charge in [0.05, 0.1) is 5.04 Å². The summed E-state index contributed by atoms with van der Waals surface area (Å²) in [4.78, 5) is 40.1. The number of nitrogens with zero attached hydrogens (tertiary/aromatic N) is 1. The van der Waals surface area contributed by atoms with Crippen molar-refractivity contribution >= 4 is 47.3 Å². The number of benzene rings is 2. The summed E-state index contributed by atoms with van der Waals surface area (Å²) in [5, 5.41) is 3.75. The monoisotopic (exact) mass is 572 g/mol. The predicted octanol–water partition coefficient (Wildman–Crippen LogP) is 5.48. The van der Waals surface area contributed by atoms with Crippen LogP contribution in [0.3, 0.4) is 0 Å². The number of hydrogen-bond donors (Lipinski definition) is 2. The van der Waals surface area contributed by atoms with Crippen molar-refractivity contribution in [1.82, 2.24) is 5.32 Å². The Bertz CT molecular complexity index is 1070. The molecule has 0 radical (unpaired) electrons. The highest BCUT2D eigenvalue weighted by Crippen LogP contribution is 2.25. The first-order valence-corrected chi connectivity index (χ1v) is 14.9. The largest absolute Gasteiger partial charge is 0.459 e. The molecule has 2 aromatic rings. The summed E-state index contributed by atoms with van der Waals surface area (Å²) in [5.41, 5.74) is 1.92. The van der Waals surface area contributed by atoms with E-state index in [9.17, 15) is 14.4 Å². The fourth-order valence-electron chi connectivity index (χ4n) is 3.29. The number of ether oxygens (including phenoxy) is 2. The third-order valence-electron chi connectivity index (χ3n) is 6.27. The number of amides is 1. The van der Waals surface area contributed by atoms with Gasteiger partial charge in [-0.15, -0.1) is 11.8 Å². The lowest BCUT2D eigenvalue weighted by molar-refractivity contribution is -0.148. The zero-order chi connectivity index (χ0) is 28.6. The van der Waals surface area contributed by atoms with Crippen LogP contribution in [0.25, 0.3) is 0 Å². The van der Waals surface area contributed by atoms with Gasteiger partial charge in [0.2, 0.25) is 5.91 Å². The van der Waals surface area contributed by atoms with E-state index in [1.165, 1.54) is 0 Å². The quantitative estimate of drug-likeness (QED) is 0.258. The van der Waals surface area contributed by atoms with Gasteiger partial charge in [0.1, 0.15) is 19.3 Å². The minimum absolute atomic E-state index is 0.126. The fraction of sp³-hybridized carbons (Fsp3) is 0.467. The van der Waals surface area contributed by atoms with Crippen LogP contribution in [0.1, 0.15) is 51.7 Å². The van der Waals surface area contributed by atoms with E-state index in [0.29, 0.717) is 18.3 Å². The Balaban J connectivity index is 0.000000274. The van der Waals surface area contributed by atoms with Crippen molar-refractivity contribution < 1.29 is 23.9 Å². The zero-order valence-corrected chi connectivity index (χ0v) is 24.9. The van der Waals surface area contributed by atoms with Crippen LogP contribution in [-0.4, -0.2) is 46.5 Å². The summed E-state index contributed by atoms with van der Waals surface area (Å²) >= 11 is 5.77. The molecule has 1 aliphatic heterocycles. The van der Waals surface area contributed by atoms with E-state index >= 15 is 0 Å². The molecule has 4 atom stereocenters. The molecule has 0 saturated heterocycles. The van der Waals surface area contributed by atoms with Crippen molar-refractivity contribution in [3.8, 4) is 0 Å². The minimum Gasteiger partial charge on any atom is -0.459 e. The van der Waals surface area contributed by atoms with Gasteiger partial charge < -0.3 is 14.8 Å². The Morgan fingerprint density at radius 3 is 2.03 bits per heavy atom. The lowest BCUT2D eigenvalue weighted by atomic mass is 10.1. The van der Waals surface area contributed by atoms with E-state index < -0.39 is 12.0 Å². The second-order valence-corrected chi connectivity index (χ2v) is 10.7. The number of carbonyl (C=O) groups is 3. The molecular formula is C30H40N2O5S2. The molecule has 2 unspecified atom stereocenters. The standard InChI is InChI=1S/C15H21NO3S.C15H19NO2S/c1-3-11(2)14(17)16-13(10-20)15(18)19-9-12-7-5-4-6-8-12;1-3-11(2)14-16-13(10-19-14)15(17)18-9-12-7-5-4-6-8-12/h4-8,11,13,20H,3,9-10H2,1-2H3,(H,16,17);4-8,11,13H,3,9-10H2,1-2H3/t2*11-,13?/m11/s1. The number of nitrogens with one attached hydrogen (secondary N) is 1. The summed E-state index contributed by atoms with van der Waals surface area (Å²) in [6.07, 6.45) is 1.78. The lowest BCUT2D eigenvalue weighted by Gasteiger charge is -2.17. The topological polar surface area (TPSA) is 94.1 Å². The number of aliphatic imine (C=N–C) groups is 1. The van der Waals surface area contributed by atoms with Crippen molar-refractivity contribution in [1.29, 1.82) is 0 Å². The van der Waals surface area contributed by atoms with Crippen LogP contribution in [0.15, 0.2) is 65.7 Å². The van der Waals surface area contributed by atoms with Gasteiger partial charge in [-0.25, -0.2) is 9.59 Å². The summed E-state index contributed by atoms with van der Waals surface area (Å²) in [6.45, 7) is 8.55. The first-order valence-electron chi connectivity index (χ1n) is 13.3. The molecule has 0 bridgehead atoms. The third-order valence-corrected chi connectivity index (χ3v) is 7.92. The van der Waals surface area contributed by atoms with Gasteiger partial charge in [-0.1, -0.05) is 88.4 Å². The highest BCUT2D eigenvalue weighted by atomic mass is 32.2. The van der Waals surface area contributed by atoms with Gasteiger partial charge in [0.15, 0.2) is 6.04 Å². The van der Waals surface area contributed by atoms with Crippen molar-refractivity contribution in [3.05, 3.63) is 71.8 Å². The second-order valence-electron chi connectivity index (χ2n) is 9.34. The highest BCUT2D eigenvalue weighted by molar-refractivity contribution is 8.14. The maximum absolute atomic E-state index is 11.9. The van der Waals surface area contributed by atoms with Crippen LogP contribution in [0.5, 0.6) is 0 Å². The normalized spacial score (nSPS) is 16.5.